The molecule has 1 saturated heterocycles. The maximum atomic E-state index is 9.64. The Morgan fingerprint density at radius 2 is 1.76 bits per heavy atom. The van der Waals surface area contributed by atoms with Gasteiger partial charge < -0.3 is 10.0 Å². The molecule has 0 aromatic heterocycles. The topological polar surface area (TPSA) is 23.5 Å². The molecule has 1 saturated carbocycles. The van der Waals surface area contributed by atoms with Crippen molar-refractivity contribution in [1.82, 2.24) is 0 Å². The number of aliphatic hydroxyl groups excluding tert-OH is 1. The number of benzene rings is 1. The van der Waals surface area contributed by atoms with Crippen LogP contribution in [0.25, 0.3) is 0 Å². The van der Waals surface area contributed by atoms with Crippen LogP contribution in [0.4, 0.5) is 5.69 Å². The number of hydrogen-bond donors (Lipinski definition) is 1. The molecule has 1 aromatic rings. The summed E-state index contributed by atoms with van der Waals surface area (Å²) in [6, 6.07) is 5.98. The van der Waals surface area contributed by atoms with E-state index in [1.165, 1.54) is 44.9 Å². The van der Waals surface area contributed by atoms with E-state index < -0.39 is 6.10 Å². The normalized spacial score (nSPS) is 23.3. The third kappa shape index (κ3) is 3.22. The second-order valence-corrected chi connectivity index (χ2v) is 7.34. The minimum absolute atomic E-state index is 0.455. The van der Waals surface area contributed by atoms with Gasteiger partial charge in [0.15, 0.2) is 0 Å². The van der Waals surface area contributed by atoms with Gasteiger partial charge in [0.1, 0.15) is 0 Å². The summed E-state index contributed by atoms with van der Waals surface area (Å²) < 4.78 is 0. The van der Waals surface area contributed by atoms with Crippen molar-refractivity contribution in [2.75, 3.05) is 18.0 Å². The van der Waals surface area contributed by atoms with E-state index in [1.54, 1.807) is 6.92 Å². The summed E-state index contributed by atoms with van der Waals surface area (Å²) in [5, 5.41) is 10.4. The van der Waals surface area contributed by atoms with Crippen LogP contribution in [-0.4, -0.2) is 18.2 Å². The molecule has 3 heteroatoms. The van der Waals surface area contributed by atoms with Crippen molar-refractivity contribution >= 4 is 17.3 Å². The van der Waals surface area contributed by atoms with Crippen molar-refractivity contribution in [2.24, 2.45) is 5.41 Å². The molecule has 116 valence electrons. The van der Waals surface area contributed by atoms with E-state index in [0.717, 1.165) is 29.4 Å². The van der Waals surface area contributed by atoms with Gasteiger partial charge in [0.05, 0.1) is 16.8 Å². The van der Waals surface area contributed by atoms with Gasteiger partial charge in [-0.3, -0.25) is 0 Å². The van der Waals surface area contributed by atoms with E-state index in [2.05, 4.69) is 11.0 Å². The molecule has 0 bridgehead atoms. The molecule has 3 rings (SSSR count). The van der Waals surface area contributed by atoms with Crippen molar-refractivity contribution < 1.29 is 5.11 Å². The van der Waals surface area contributed by atoms with Crippen LogP contribution in [0.2, 0.25) is 5.02 Å². The molecule has 2 fully saturated rings. The molecular weight excluding hydrogens is 282 g/mol. The molecule has 2 aliphatic rings. The molecule has 2 nitrogen and oxygen atoms in total. The van der Waals surface area contributed by atoms with Gasteiger partial charge in [-0.15, -0.1) is 0 Å². The number of rotatable bonds is 2. The van der Waals surface area contributed by atoms with Crippen LogP contribution in [0.15, 0.2) is 18.2 Å². The molecule has 1 aliphatic carbocycles. The molecule has 0 amide bonds. The van der Waals surface area contributed by atoms with Crippen molar-refractivity contribution in [3.05, 3.63) is 28.8 Å². The van der Waals surface area contributed by atoms with E-state index in [4.69, 9.17) is 11.6 Å². The first-order chi connectivity index (χ1) is 10.1. The summed E-state index contributed by atoms with van der Waals surface area (Å²) in [6.45, 7) is 4.01. The zero-order chi connectivity index (χ0) is 14.9. The van der Waals surface area contributed by atoms with Crippen LogP contribution >= 0.6 is 11.6 Å². The number of piperidine rings is 1. The van der Waals surface area contributed by atoms with Crippen LogP contribution in [0.3, 0.4) is 0 Å². The fourth-order valence-electron chi connectivity index (χ4n) is 4.06. The van der Waals surface area contributed by atoms with Crippen LogP contribution in [-0.2, 0) is 0 Å². The lowest BCUT2D eigenvalue weighted by atomic mass is 9.68. The summed E-state index contributed by atoms with van der Waals surface area (Å²) in [4.78, 5) is 2.42. The first kappa shape index (κ1) is 15.2. The second-order valence-electron chi connectivity index (χ2n) is 6.93. The highest BCUT2D eigenvalue weighted by Crippen LogP contribution is 2.45. The van der Waals surface area contributed by atoms with Gasteiger partial charge in [0.25, 0.3) is 0 Å². The lowest BCUT2D eigenvalue weighted by Crippen LogP contribution is -2.41. The average molecular weight is 308 g/mol. The van der Waals surface area contributed by atoms with E-state index in [1.807, 2.05) is 12.1 Å². The van der Waals surface area contributed by atoms with E-state index >= 15 is 0 Å². The number of anilines is 1. The van der Waals surface area contributed by atoms with E-state index in [0.29, 0.717) is 5.41 Å². The Morgan fingerprint density at radius 1 is 1.10 bits per heavy atom. The van der Waals surface area contributed by atoms with Gasteiger partial charge in [-0.1, -0.05) is 36.9 Å². The van der Waals surface area contributed by atoms with E-state index in [9.17, 15) is 5.11 Å². The largest absolute Gasteiger partial charge is 0.389 e. The maximum Gasteiger partial charge on any atom is 0.0762 e. The highest BCUT2D eigenvalue weighted by atomic mass is 35.5. The Balaban J connectivity index is 1.69. The average Bonchev–Trinajstić information content (AvgIpc) is 2.49. The maximum absolute atomic E-state index is 9.64. The molecule has 0 unspecified atom stereocenters. The molecular formula is C18H26ClNO. The number of halogens is 1. The van der Waals surface area contributed by atoms with Crippen LogP contribution in [0.1, 0.15) is 63.5 Å². The Hall–Kier alpha value is -0.730. The summed E-state index contributed by atoms with van der Waals surface area (Å²) >= 11 is 6.43. The predicted molar refractivity (Wildman–Crippen MR) is 89.1 cm³/mol. The first-order valence-electron chi connectivity index (χ1n) is 8.32. The fourth-order valence-corrected chi connectivity index (χ4v) is 4.37. The Labute approximate surface area is 133 Å². The highest BCUT2D eigenvalue weighted by molar-refractivity contribution is 6.33. The molecule has 1 atom stereocenters. The van der Waals surface area contributed by atoms with Gasteiger partial charge in [-0.2, -0.15) is 0 Å². The van der Waals surface area contributed by atoms with Crippen LogP contribution in [0, 0.1) is 5.41 Å². The first-order valence-corrected chi connectivity index (χ1v) is 8.70. The van der Waals surface area contributed by atoms with Crippen LogP contribution in [0.5, 0.6) is 0 Å². The molecule has 1 aromatic carbocycles. The van der Waals surface area contributed by atoms with Gasteiger partial charge in [0.2, 0.25) is 0 Å². The highest BCUT2D eigenvalue weighted by Gasteiger charge is 2.35. The smallest absolute Gasteiger partial charge is 0.0762 e. The predicted octanol–water partition coefficient (Wildman–Crippen LogP) is 4.94. The monoisotopic (exact) mass is 307 g/mol. The summed E-state index contributed by atoms with van der Waals surface area (Å²) in [5.41, 5.74) is 2.65. The zero-order valence-corrected chi connectivity index (χ0v) is 13.7. The lowest BCUT2D eigenvalue weighted by Gasteiger charge is -2.45. The molecule has 1 spiro atoms. The Kier molecular flexibility index (Phi) is 4.46. The van der Waals surface area contributed by atoms with Crippen molar-refractivity contribution in [3.63, 3.8) is 0 Å². The number of nitrogens with zero attached hydrogens (tertiary/aromatic N) is 1. The summed E-state index contributed by atoms with van der Waals surface area (Å²) in [6.07, 6.45) is 9.28. The molecule has 21 heavy (non-hydrogen) atoms. The van der Waals surface area contributed by atoms with Gasteiger partial charge in [0, 0.05) is 13.1 Å². The van der Waals surface area contributed by atoms with Crippen molar-refractivity contribution in [1.29, 1.82) is 0 Å². The summed E-state index contributed by atoms with van der Waals surface area (Å²) in [5.74, 6) is 0. The molecule has 1 heterocycles. The third-order valence-corrected chi connectivity index (χ3v) is 5.84. The quantitative estimate of drug-likeness (QED) is 0.836. The minimum Gasteiger partial charge on any atom is -0.389 e. The van der Waals surface area contributed by atoms with Crippen molar-refractivity contribution in [3.8, 4) is 0 Å². The van der Waals surface area contributed by atoms with E-state index in [-0.39, 0.29) is 0 Å². The summed E-state index contributed by atoms with van der Waals surface area (Å²) in [7, 11) is 0. The fraction of sp³-hybridized carbons (Fsp3) is 0.667. The number of aliphatic hydroxyl groups is 1. The molecule has 1 N–H and O–H groups in total. The molecule has 1 aliphatic heterocycles. The van der Waals surface area contributed by atoms with Gasteiger partial charge in [-0.25, -0.2) is 0 Å². The third-order valence-electron chi connectivity index (χ3n) is 5.53. The van der Waals surface area contributed by atoms with Crippen molar-refractivity contribution in [2.45, 2.75) is 58.0 Å². The number of hydrogen-bond acceptors (Lipinski definition) is 2. The Morgan fingerprint density at radius 3 is 2.33 bits per heavy atom. The Bertz CT molecular complexity index is 484. The second kappa shape index (κ2) is 6.18. The van der Waals surface area contributed by atoms with Gasteiger partial charge >= 0.3 is 0 Å². The standard InChI is InChI=1S/C18H26ClNO/c1-14(21)15-5-6-17(16(19)13-15)20-11-9-18(10-12-20)7-3-2-4-8-18/h5-6,13-14,21H,2-4,7-12H2,1H3/t14-/m1/s1. The minimum atomic E-state index is -0.455. The lowest BCUT2D eigenvalue weighted by molar-refractivity contribution is 0.144. The SMILES string of the molecule is C[C@@H](O)c1ccc(N2CCC3(CCCCC3)CC2)c(Cl)c1. The van der Waals surface area contributed by atoms with Crippen LogP contribution < -0.4 is 4.90 Å². The molecule has 0 radical (unpaired) electrons. The zero-order valence-electron chi connectivity index (χ0n) is 12.9. The van der Waals surface area contributed by atoms with Gasteiger partial charge in [-0.05, 0) is 55.7 Å².